The molecule has 0 bridgehead atoms. The van der Waals surface area contributed by atoms with E-state index in [9.17, 15) is 18.4 Å². The Morgan fingerprint density at radius 2 is 1.84 bits per heavy atom. The van der Waals surface area contributed by atoms with Gasteiger partial charge in [-0.25, -0.2) is 13.8 Å². The number of ether oxygens (including phenoxy) is 1. The Morgan fingerprint density at radius 3 is 2.55 bits per heavy atom. The van der Waals surface area contributed by atoms with E-state index in [1.165, 1.54) is 54.7 Å². The molecule has 0 spiro atoms. The molecule has 38 heavy (non-hydrogen) atoms. The lowest BCUT2D eigenvalue weighted by Gasteiger charge is -2.13. The van der Waals surface area contributed by atoms with Gasteiger partial charge in [-0.15, -0.1) is 0 Å². The van der Waals surface area contributed by atoms with Gasteiger partial charge in [0.2, 0.25) is 0 Å². The number of hydrogen-bond acceptors (Lipinski definition) is 7. The third-order valence-electron chi connectivity index (χ3n) is 5.70. The molecular formula is C26H21F2N7O3. The summed E-state index contributed by atoms with van der Waals surface area (Å²) in [4.78, 5) is 30.3. The quantitative estimate of drug-likeness (QED) is 0.300. The standard InChI is InChI=1S/C26H21F2N7O3/c1-13(2)19-12-17(26(37)35(34-19)16-6-3-14(27)4-7-16)25(36)31-15-5-8-20(18(28)11-15)38-21-9-10-30-24-22(21)23(29)32-33-24/h3-13H,1-2H3,(H,31,36)(H3,29,30,32,33). The first kappa shape index (κ1) is 24.6. The number of aromatic amines is 1. The van der Waals surface area contributed by atoms with Gasteiger partial charge < -0.3 is 15.8 Å². The van der Waals surface area contributed by atoms with Crippen molar-refractivity contribution in [2.24, 2.45) is 0 Å². The van der Waals surface area contributed by atoms with Crippen molar-refractivity contribution >= 4 is 28.4 Å². The third kappa shape index (κ3) is 4.66. The lowest BCUT2D eigenvalue weighted by molar-refractivity contribution is 0.102. The minimum Gasteiger partial charge on any atom is -0.453 e. The van der Waals surface area contributed by atoms with Gasteiger partial charge in [0.1, 0.15) is 22.5 Å². The zero-order valence-corrected chi connectivity index (χ0v) is 20.2. The number of fused-ring (bicyclic) bond motifs is 1. The van der Waals surface area contributed by atoms with Crippen LogP contribution in [-0.4, -0.2) is 30.9 Å². The molecule has 0 unspecified atom stereocenters. The Kier molecular flexibility index (Phi) is 6.29. The predicted octanol–water partition coefficient (Wildman–Crippen LogP) is 4.53. The first-order chi connectivity index (χ1) is 18.2. The van der Waals surface area contributed by atoms with Crippen molar-refractivity contribution in [1.82, 2.24) is 25.0 Å². The van der Waals surface area contributed by atoms with Gasteiger partial charge in [0.05, 0.1) is 11.4 Å². The lowest BCUT2D eigenvalue weighted by atomic mass is 10.1. The van der Waals surface area contributed by atoms with Crippen LogP contribution in [0.25, 0.3) is 16.7 Å². The summed E-state index contributed by atoms with van der Waals surface area (Å²) >= 11 is 0. The molecule has 0 aliphatic carbocycles. The summed E-state index contributed by atoms with van der Waals surface area (Å²) in [6.07, 6.45) is 1.46. The lowest BCUT2D eigenvalue weighted by Crippen LogP contribution is -2.31. The fraction of sp³-hybridized carbons (Fsp3) is 0.115. The first-order valence-corrected chi connectivity index (χ1v) is 11.5. The Hall–Kier alpha value is -5.13. The maximum absolute atomic E-state index is 14.9. The molecule has 0 saturated heterocycles. The molecule has 3 heterocycles. The van der Waals surface area contributed by atoms with Gasteiger partial charge in [0.15, 0.2) is 23.0 Å². The molecule has 1 amide bonds. The molecule has 192 valence electrons. The van der Waals surface area contributed by atoms with Crippen molar-refractivity contribution in [3.63, 3.8) is 0 Å². The largest absolute Gasteiger partial charge is 0.453 e. The fourth-order valence-corrected chi connectivity index (χ4v) is 3.72. The van der Waals surface area contributed by atoms with Crippen molar-refractivity contribution in [3.05, 3.63) is 94.0 Å². The second-order valence-electron chi connectivity index (χ2n) is 8.67. The fourth-order valence-electron chi connectivity index (χ4n) is 3.72. The minimum absolute atomic E-state index is 0.0955. The van der Waals surface area contributed by atoms with Crippen LogP contribution in [-0.2, 0) is 0 Å². The van der Waals surface area contributed by atoms with E-state index in [0.29, 0.717) is 22.4 Å². The third-order valence-corrected chi connectivity index (χ3v) is 5.70. The molecule has 10 nitrogen and oxygen atoms in total. The number of hydrogen-bond donors (Lipinski definition) is 3. The van der Waals surface area contributed by atoms with Crippen molar-refractivity contribution in [2.45, 2.75) is 19.8 Å². The summed E-state index contributed by atoms with van der Waals surface area (Å²) in [5.41, 5.74) is 6.17. The number of H-pyrrole nitrogens is 1. The number of rotatable bonds is 6. The maximum Gasteiger partial charge on any atom is 0.284 e. The first-order valence-electron chi connectivity index (χ1n) is 11.5. The van der Waals surface area contributed by atoms with Crippen LogP contribution in [0.2, 0.25) is 0 Å². The van der Waals surface area contributed by atoms with E-state index < -0.39 is 23.1 Å². The summed E-state index contributed by atoms with van der Waals surface area (Å²) in [5, 5.41) is 13.8. The molecule has 12 heteroatoms. The van der Waals surface area contributed by atoms with Crippen LogP contribution in [0.1, 0.15) is 35.8 Å². The van der Waals surface area contributed by atoms with E-state index in [1.54, 1.807) is 0 Å². The van der Waals surface area contributed by atoms with Crippen LogP contribution >= 0.6 is 0 Å². The smallest absolute Gasteiger partial charge is 0.284 e. The number of nitrogens with zero attached hydrogens (tertiary/aromatic N) is 4. The van der Waals surface area contributed by atoms with Crippen LogP contribution in [0.5, 0.6) is 11.5 Å². The van der Waals surface area contributed by atoms with Gasteiger partial charge >= 0.3 is 0 Å². The van der Waals surface area contributed by atoms with Gasteiger partial charge in [-0.3, -0.25) is 14.7 Å². The number of halogens is 2. The number of pyridine rings is 1. The highest BCUT2D eigenvalue weighted by Crippen LogP contribution is 2.33. The molecule has 0 fully saturated rings. The number of nitrogen functional groups attached to an aromatic ring is 1. The molecule has 0 aliphatic heterocycles. The van der Waals surface area contributed by atoms with Crippen molar-refractivity contribution < 1.29 is 18.3 Å². The topological polar surface area (TPSA) is 141 Å². The van der Waals surface area contributed by atoms with Gasteiger partial charge in [-0.05, 0) is 48.4 Å². The Balaban J connectivity index is 1.43. The molecule has 2 aromatic carbocycles. The highest BCUT2D eigenvalue weighted by atomic mass is 19.1. The van der Waals surface area contributed by atoms with Gasteiger partial charge in [-0.2, -0.15) is 14.9 Å². The predicted molar refractivity (Wildman–Crippen MR) is 137 cm³/mol. The molecule has 0 atom stereocenters. The second kappa shape index (κ2) is 9.73. The number of nitrogens with two attached hydrogens (primary N) is 1. The normalized spacial score (nSPS) is 11.2. The maximum atomic E-state index is 14.9. The molecule has 3 aromatic heterocycles. The zero-order chi connectivity index (χ0) is 27.0. The second-order valence-corrected chi connectivity index (χ2v) is 8.67. The molecule has 5 aromatic rings. The summed E-state index contributed by atoms with van der Waals surface area (Å²) in [5.74, 6) is -1.85. The van der Waals surface area contributed by atoms with Crippen LogP contribution in [0.15, 0.2) is 65.6 Å². The van der Waals surface area contributed by atoms with Gasteiger partial charge in [0, 0.05) is 24.0 Å². The van der Waals surface area contributed by atoms with Crippen LogP contribution in [0.4, 0.5) is 20.3 Å². The molecule has 5 rings (SSSR count). The number of nitrogens with one attached hydrogen (secondary N) is 2. The van der Waals surface area contributed by atoms with E-state index in [-0.39, 0.29) is 34.5 Å². The monoisotopic (exact) mass is 517 g/mol. The zero-order valence-electron chi connectivity index (χ0n) is 20.2. The van der Waals surface area contributed by atoms with Crippen molar-refractivity contribution in [1.29, 1.82) is 0 Å². The van der Waals surface area contributed by atoms with Crippen LogP contribution in [0.3, 0.4) is 0 Å². The molecule has 0 saturated carbocycles. The van der Waals surface area contributed by atoms with E-state index in [1.807, 2.05) is 13.8 Å². The summed E-state index contributed by atoms with van der Waals surface area (Å²) in [6.45, 7) is 3.70. The van der Waals surface area contributed by atoms with Crippen LogP contribution in [0, 0.1) is 11.6 Å². The Bertz CT molecular complexity index is 1730. The van der Waals surface area contributed by atoms with Gasteiger partial charge in [0.25, 0.3) is 11.5 Å². The SMILES string of the molecule is CC(C)c1cc(C(=O)Nc2ccc(Oc3ccnc4[nH]nc(N)c34)c(F)c2)c(=O)n(-c2ccc(F)cc2)n1. The number of aromatic nitrogens is 5. The minimum atomic E-state index is -0.767. The van der Waals surface area contributed by atoms with E-state index in [4.69, 9.17) is 10.5 Å². The summed E-state index contributed by atoms with van der Waals surface area (Å²) in [6, 6.07) is 11.9. The number of benzene rings is 2. The molecule has 4 N–H and O–H groups in total. The molecule has 0 aliphatic rings. The van der Waals surface area contributed by atoms with E-state index in [0.717, 1.165) is 10.7 Å². The van der Waals surface area contributed by atoms with E-state index in [2.05, 4.69) is 25.6 Å². The van der Waals surface area contributed by atoms with E-state index >= 15 is 0 Å². The van der Waals surface area contributed by atoms with Crippen molar-refractivity contribution in [3.8, 4) is 17.2 Å². The number of carbonyl (C=O) groups is 1. The average molecular weight is 517 g/mol. The highest BCUT2D eigenvalue weighted by molar-refractivity contribution is 6.04. The van der Waals surface area contributed by atoms with Gasteiger partial charge in [-0.1, -0.05) is 13.8 Å². The highest BCUT2D eigenvalue weighted by Gasteiger charge is 2.19. The number of carbonyl (C=O) groups excluding carboxylic acids is 1. The Morgan fingerprint density at radius 1 is 1.08 bits per heavy atom. The van der Waals surface area contributed by atoms with Crippen LogP contribution < -0.4 is 21.3 Å². The molecule has 0 radical (unpaired) electrons. The summed E-state index contributed by atoms with van der Waals surface area (Å²) < 4.78 is 35.0. The van der Waals surface area contributed by atoms with Crippen molar-refractivity contribution in [2.75, 3.05) is 11.1 Å². The average Bonchev–Trinajstić information content (AvgIpc) is 3.27. The summed E-state index contributed by atoms with van der Waals surface area (Å²) in [7, 11) is 0. The Labute approximate surface area is 214 Å². The number of anilines is 2. The molecular weight excluding hydrogens is 496 g/mol. The number of amides is 1.